The molecule has 2 aromatic heterocycles. The van der Waals surface area contributed by atoms with Crippen molar-refractivity contribution in [3.8, 4) is 22.5 Å². The Morgan fingerprint density at radius 3 is 2.50 bits per heavy atom. The third-order valence-electron chi connectivity index (χ3n) is 5.69. The number of rotatable bonds is 4. The van der Waals surface area contributed by atoms with Crippen LogP contribution in [0.15, 0.2) is 48.8 Å². The topological polar surface area (TPSA) is 43.2 Å². The van der Waals surface area contributed by atoms with Gasteiger partial charge in [-0.25, -0.2) is 9.37 Å². The Bertz CT molecular complexity index is 949. The van der Waals surface area contributed by atoms with Crippen molar-refractivity contribution in [1.82, 2.24) is 19.4 Å². The Balaban J connectivity index is 1.58. The maximum Gasteiger partial charge on any atom is 0.123 e. The number of morpholine rings is 1. The summed E-state index contributed by atoms with van der Waals surface area (Å²) in [6.45, 7) is 4.59. The molecule has 0 N–H and O–H groups in total. The zero-order valence-electron chi connectivity index (χ0n) is 15.7. The van der Waals surface area contributed by atoms with Gasteiger partial charge in [0.15, 0.2) is 0 Å². The lowest BCUT2D eigenvalue weighted by atomic mass is 10.0. The number of pyridine rings is 1. The van der Waals surface area contributed by atoms with E-state index in [0.29, 0.717) is 6.04 Å². The number of aryl methyl sites for hydroxylation is 1. The minimum Gasteiger partial charge on any atom is -0.379 e. The Hall–Kier alpha value is -2.57. The smallest absolute Gasteiger partial charge is 0.123 e. The van der Waals surface area contributed by atoms with E-state index >= 15 is 0 Å². The van der Waals surface area contributed by atoms with Gasteiger partial charge in [-0.1, -0.05) is 0 Å². The standard InChI is InChI=1S/C22H23FN4O/c23-18-3-1-16(2-4-18)21-22(17-7-9-24-10-8-17)27-19(5-6-20(27)25-21)15-26-11-13-28-14-12-26/h1-4,7-10,19H,5-6,11-15H2/t19-/m0/s1. The van der Waals surface area contributed by atoms with Crippen molar-refractivity contribution in [1.29, 1.82) is 0 Å². The Kier molecular flexibility index (Phi) is 4.66. The predicted molar refractivity (Wildman–Crippen MR) is 105 cm³/mol. The first kappa shape index (κ1) is 17.5. The fourth-order valence-corrected chi connectivity index (χ4v) is 4.32. The number of hydrogen-bond donors (Lipinski definition) is 0. The number of ether oxygens (including phenoxy) is 1. The van der Waals surface area contributed by atoms with E-state index in [2.05, 4.69) is 14.5 Å². The van der Waals surface area contributed by atoms with Gasteiger partial charge < -0.3 is 9.30 Å². The normalized spacial score (nSPS) is 19.7. The number of hydrogen-bond acceptors (Lipinski definition) is 4. The predicted octanol–water partition coefficient (Wildman–Crippen LogP) is 3.57. The zero-order chi connectivity index (χ0) is 18.9. The van der Waals surface area contributed by atoms with Crippen molar-refractivity contribution >= 4 is 0 Å². The largest absolute Gasteiger partial charge is 0.379 e. The molecule has 2 aliphatic heterocycles. The highest BCUT2D eigenvalue weighted by Crippen LogP contribution is 2.39. The summed E-state index contributed by atoms with van der Waals surface area (Å²) >= 11 is 0. The molecule has 5 nitrogen and oxygen atoms in total. The van der Waals surface area contributed by atoms with Gasteiger partial charge in [0.05, 0.1) is 24.6 Å². The van der Waals surface area contributed by atoms with E-state index in [1.54, 1.807) is 0 Å². The van der Waals surface area contributed by atoms with Crippen LogP contribution in [0.3, 0.4) is 0 Å². The monoisotopic (exact) mass is 378 g/mol. The second-order valence-corrected chi connectivity index (χ2v) is 7.44. The first-order valence-electron chi connectivity index (χ1n) is 9.87. The van der Waals surface area contributed by atoms with Gasteiger partial charge in [0, 0.05) is 55.6 Å². The highest BCUT2D eigenvalue weighted by atomic mass is 19.1. The van der Waals surface area contributed by atoms with E-state index in [1.165, 1.54) is 12.1 Å². The molecule has 3 aromatic rings. The summed E-state index contributed by atoms with van der Waals surface area (Å²) in [6.07, 6.45) is 5.70. The first-order chi connectivity index (χ1) is 13.8. The second-order valence-electron chi connectivity index (χ2n) is 7.44. The molecule has 4 heterocycles. The van der Waals surface area contributed by atoms with Crippen LogP contribution in [0.4, 0.5) is 4.39 Å². The summed E-state index contributed by atoms with van der Waals surface area (Å²) in [5, 5.41) is 0. The third-order valence-corrected chi connectivity index (χ3v) is 5.69. The molecule has 0 aliphatic carbocycles. The molecule has 1 fully saturated rings. The highest BCUT2D eigenvalue weighted by molar-refractivity contribution is 5.79. The van der Waals surface area contributed by atoms with E-state index in [1.807, 2.05) is 36.7 Å². The van der Waals surface area contributed by atoms with Crippen molar-refractivity contribution in [2.24, 2.45) is 0 Å². The van der Waals surface area contributed by atoms with Gasteiger partial charge in [0.2, 0.25) is 0 Å². The van der Waals surface area contributed by atoms with E-state index in [0.717, 1.165) is 74.0 Å². The summed E-state index contributed by atoms with van der Waals surface area (Å²) in [5.41, 5.74) is 4.08. The van der Waals surface area contributed by atoms with Gasteiger partial charge >= 0.3 is 0 Å². The van der Waals surface area contributed by atoms with Crippen LogP contribution in [0.1, 0.15) is 18.3 Å². The van der Waals surface area contributed by atoms with Gasteiger partial charge in [-0.15, -0.1) is 0 Å². The van der Waals surface area contributed by atoms with Gasteiger partial charge in [-0.3, -0.25) is 9.88 Å². The lowest BCUT2D eigenvalue weighted by Crippen LogP contribution is -2.39. The van der Waals surface area contributed by atoms with Crippen LogP contribution in [0.25, 0.3) is 22.5 Å². The molecule has 0 spiro atoms. The van der Waals surface area contributed by atoms with Crippen molar-refractivity contribution in [3.63, 3.8) is 0 Å². The second kappa shape index (κ2) is 7.45. The van der Waals surface area contributed by atoms with Crippen LogP contribution in [0, 0.1) is 5.82 Å². The molecular weight excluding hydrogens is 355 g/mol. The minimum atomic E-state index is -0.230. The number of aromatic nitrogens is 3. The summed E-state index contributed by atoms with van der Waals surface area (Å²) in [6, 6.07) is 11.1. The molecular formula is C22H23FN4O. The number of benzene rings is 1. The number of imidazole rings is 1. The Morgan fingerprint density at radius 2 is 1.75 bits per heavy atom. The van der Waals surface area contributed by atoms with E-state index < -0.39 is 0 Å². The van der Waals surface area contributed by atoms with Crippen LogP contribution in [0.5, 0.6) is 0 Å². The maximum absolute atomic E-state index is 13.5. The first-order valence-corrected chi connectivity index (χ1v) is 9.87. The quantitative estimate of drug-likeness (QED) is 0.696. The maximum atomic E-state index is 13.5. The molecule has 28 heavy (non-hydrogen) atoms. The van der Waals surface area contributed by atoms with E-state index in [-0.39, 0.29) is 5.82 Å². The number of fused-ring (bicyclic) bond motifs is 1. The van der Waals surface area contributed by atoms with Crippen molar-refractivity contribution in [2.75, 3.05) is 32.8 Å². The van der Waals surface area contributed by atoms with Crippen LogP contribution in [-0.2, 0) is 11.2 Å². The van der Waals surface area contributed by atoms with Crippen molar-refractivity contribution < 1.29 is 9.13 Å². The summed E-state index contributed by atoms with van der Waals surface area (Å²) in [4.78, 5) is 11.6. The molecule has 0 saturated carbocycles. The fourth-order valence-electron chi connectivity index (χ4n) is 4.32. The Labute approximate surface area is 163 Å². The van der Waals surface area contributed by atoms with Crippen LogP contribution < -0.4 is 0 Å². The van der Waals surface area contributed by atoms with E-state index in [9.17, 15) is 4.39 Å². The Morgan fingerprint density at radius 1 is 1.00 bits per heavy atom. The van der Waals surface area contributed by atoms with Crippen LogP contribution >= 0.6 is 0 Å². The summed E-state index contributed by atoms with van der Waals surface area (Å²) in [5.74, 6) is 0.885. The van der Waals surface area contributed by atoms with Gasteiger partial charge in [0.1, 0.15) is 11.6 Å². The molecule has 6 heteroatoms. The van der Waals surface area contributed by atoms with E-state index in [4.69, 9.17) is 9.72 Å². The molecule has 144 valence electrons. The lowest BCUT2D eigenvalue weighted by Gasteiger charge is -2.30. The van der Waals surface area contributed by atoms with Crippen LogP contribution in [0.2, 0.25) is 0 Å². The molecule has 1 aromatic carbocycles. The average molecular weight is 378 g/mol. The van der Waals surface area contributed by atoms with Crippen molar-refractivity contribution in [2.45, 2.75) is 18.9 Å². The number of halogens is 1. The molecule has 1 saturated heterocycles. The molecule has 0 bridgehead atoms. The molecule has 0 unspecified atom stereocenters. The lowest BCUT2D eigenvalue weighted by molar-refractivity contribution is 0.0320. The summed E-state index contributed by atoms with van der Waals surface area (Å²) in [7, 11) is 0. The highest BCUT2D eigenvalue weighted by Gasteiger charge is 2.31. The minimum absolute atomic E-state index is 0.230. The fraction of sp³-hybridized carbons (Fsp3) is 0.364. The zero-order valence-corrected chi connectivity index (χ0v) is 15.7. The van der Waals surface area contributed by atoms with Gasteiger partial charge in [0.25, 0.3) is 0 Å². The molecule has 2 aliphatic rings. The van der Waals surface area contributed by atoms with Gasteiger partial charge in [-0.05, 0) is 42.8 Å². The molecule has 0 amide bonds. The van der Waals surface area contributed by atoms with Gasteiger partial charge in [-0.2, -0.15) is 0 Å². The van der Waals surface area contributed by atoms with Crippen molar-refractivity contribution in [3.05, 3.63) is 60.4 Å². The summed E-state index contributed by atoms with van der Waals surface area (Å²) < 4.78 is 21.4. The molecule has 1 atom stereocenters. The average Bonchev–Trinajstić information content (AvgIpc) is 3.30. The molecule has 5 rings (SSSR count). The molecule has 0 radical (unpaired) electrons. The third kappa shape index (κ3) is 3.23. The number of nitrogens with zero attached hydrogens (tertiary/aromatic N) is 4. The SMILES string of the molecule is Fc1ccc(-c2nc3n(c2-c2ccncc2)[C@H](CN2CCOCC2)CC3)cc1. The van der Waals surface area contributed by atoms with Crippen LogP contribution in [-0.4, -0.2) is 52.3 Å².